The van der Waals surface area contributed by atoms with E-state index in [2.05, 4.69) is 0 Å². The topological polar surface area (TPSA) is 39.2 Å². The SMILES string of the molecule is Cl.NCc1ccco1. The lowest BCUT2D eigenvalue weighted by molar-refractivity contribution is 0.512. The van der Waals surface area contributed by atoms with Crippen molar-refractivity contribution in [2.75, 3.05) is 0 Å². The Morgan fingerprint density at radius 2 is 2.38 bits per heavy atom. The molecule has 0 spiro atoms. The van der Waals surface area contributed by atoms with Crippen molar-refractivity contribution >= 4 is 12.4 Å². The van der Waals surface area contributed by atoms with Gasteiger partial charge in [-0.3, -0.25) is 0 Å². The Balaban J connectivity index is 0.000000490. The van der Waals surface area contributed by atoms with Gasteiger partial charge in [0.15, 0.2) is 0 Å². The summed E-state index contributed by atoms with van der Waals surface area (Å²) in [4.78, 5) is 0. The van der Waals surface area contributed by atoms with Crippen molar-refractivity contribution in [3.05, 3.63) is 24.2 Å². The Morgan fingerprint density at radius 3 is 2.62 bits per heavy atom. The Bertz CT molecular complexity index is 127. The van der Waals surface area contributed by atoms with E-state index < -0.39 is 0 Å². The Kier molecular flexibility index (Phi) is 3.31. The van der Waals surface area contributed by atoms with Gasteiger partial charge in [-0.05, 0) is 12.1 Å². The summed E-state index contributed by atoms with van der Waals surface area (Å²) in [6.07, 6.45) is 1.61. The molecular weight excluding hydrogens is 126 g/mol. The van der Waals surface area contributed by atoms with E-state index in [1.54, 1.807) is 6.26 Å². The summed E-state index contributed by atoms with van der Waals surface area (Å²) in [5.74, 6) is 0.833. The van der Waals surface area contributed by atoms with Crippen LogP contribution in [0.3, 0.4) is 0 Å². The second kappa shape index (κ2) is 3.52. The summed E-state index contributed by atoms with van der Waals surface area (Å²) in [7, 11) is 0. The van der Waals surface area contributed by atoms with E-state index >= 15 is 0 Å². The summed E-state index contributed by atoms with van der Waals surface area (Å²) in [6, 6.07) is 3.67. The lowest BCUT2D eigenvalue weighted by Crippen LogP contribution is -1.92. The monoisotopic (exact) mass is 133 g/mol. The van der Waals surface area contributed by atoms with Crippen molar-refractivity contribution in [3.8, 4) is 0 Å². The summed E-state index contributed by atoms with van der Waals surface area (Å²) in [6.45, 7) is 0.493. The Hall–Kier alpha value is -0.470. The smallest absolute Gasteiger partial charge is 0.117 e. The van der Waals surface area contributed by atoms with Crippen LogP contribution in [0.1, 0.15) is 5.76 Å². The second-order valence-corrected chi connectivity index (χ2v) is 1.28. The van der Waals surface area contributed by atoms with Gasteiger partial charge in [-0.1, -0.05) is 0 Å². The van der Waals surface area contributed by atoms with Crippen LogP contribution < -0.4 is 5.73 Å². The van der Waals surface area contributed by atoms with Crippen molar-refractivity contribution in [3.63, 3.8) is 0 Å². The Morgan fingerprint density at radius 1 is 1.62 bits per heavy atom. The lowest BCUT2D eigenvalue weighted by atomic mass is 10.5. The number of hydrogen-bond acceptors (Lipinski definition) is 2. The first-order valence-electron chi connectivity index (χ1n) is 2.16. The van der Waals surface area contributed by atoms with Gasteiger partial charge < -0.3 is 10.2 Å². The highest BCUT2D eigenvalue weighted by molar-refractivity contribution is 5.85. The predicted octanol–water partition coefficient (Wildman–Crippen LogP) is 1.16. The fraction of sp³-hybridized carbons (Fsp3) is 0.200. The quantitative estimate of drug-likeness (QED) is 0.625. The molecule has 46 valence electrons. The normalized spacial score (nSPS) is 8.12. The first-order valence-corrected chi connectivity index (χ1v) is 2.16. The van der Waals surface area contributed by atoms with E-state index in [1.807, 2.05) is 12.1 Å². The maximum absolute atomic E-state index is 5.20. The molecule has 1 heterocycles. The molecular formula is C5H8ClNO. The van der Waals surface area contributed by atoms with E-state index in [0.29, 0.717) is 6.54 Å². The molecule has 1 aromatic rings. The van der Waals surface area contributed by atoms with E-state index in [4.69, 9.17) is 10.2 Å². The van der Waals surface area contributed by atoms with Gasteiger partial charge in [-0.15, -0.1) is 12.4 Å². The van der Waals surface area contributed by atoms with Gasteiger partial charge in [0.05, 0.1) is 12.8 Å². The van der Waals surface area contributed by atoms with Gasteiger partial charge in [-0.2, -0.15) is 0 Å². The van der Waals surface area contributed by atoms with Crippen molar-refractivity contribution < 1.29 is 4.42 Å². The number of nitrogens with two attached hydrogens (primary N) is 1. The standard InChI is InChI=1S/C5H7NO.ClH/c6-4-5-2-1-3-7-5;/h1-3H,4,6H2;1H. The first kappa shape index (κ1) is 7.53. The minimum absolute atomic E-state index is 0. The lowest BCUT2D eigenvalue weighted by Gasteiger charge is -1.80. The molecule has 2 nitrogen and oxygen atoms in total. The molecule has 0 fully saturated rings. The van der Waals surface area contributed by atoms with Crippen molar-refractivity contribution in [2.24, 2.45) is 5.73 Å². The molecule has 8 heavy (non-hydrogen) atoms. The van der Waals surface area contributed by atoms with E-state index in [0.717, 1.165) is 5.76 Å². The molecule has 0 amide bonds. The van der Waals surface area contributed by atoms with Crippen LogP contribution in [0.25, 0.3) is 0 Å². The second-order valence-electron chi connectivity index (χ2n) is 1.28. The van der Waals surface area contributed by atoms with Crippen LogP contribution >= 0.6 is 12.4 Å². The van der Waals surface area contributed by atoms with Gasteiger partial charge in [0.2, 0.25) is 0 Å². The predicted molar refractivity (Wildman–Crippen MR) is 33.8 cm³/mol. The zero-order chi connectivity index (χ0) is 5.11. The highest BCUT2D eigenvalue weighted by Gasteiger charge is 1.84. The third kappa shape index (κ3) is 1.56. The fourth-order valence-corrected chi connectivity index (χ4v) is 0.429. The van der Waals surface area contributed by atoms with Crippen LogP contribution in [0.15, 0.2) is 22.8 Å². The molecule has 0 aliphatic rings. The maximum Gasteiger partial charge on any atom is 0.117 e. The van der Waals surface area contributed by atoms with Crippen molar-refractivity contribution in [1.29, 1.82) is 0 Å². The number of rotatable bonds is 1. The molecule has 0 saturated heterocycles. The minimum Gasteiger partial charge on any atom is -0.468 e. The zero-order valence-electron chi connectivity index (χ0n) is 4.33. The van der Waals surface area contributed by atoms with Crippen molar-refractivity contribution in [1.82, 2.24) is 0 Å². The van der Waals surface area contributed by atoms with Gasteiger partial charge in [0, 0.05) is 0 Å². The maximum atomic E-state index is 5.20. The van der Waals surface area contributed by atoms with Crippen LogP contribution in [-0.4, -0.2) is 0 Å². The molecule has 2 N–H and O–H groups in total. The average molecular weight is 134 g/mol. The van der Waals surface area contributed by atoms with Crippen LogP contribution in [0.2, 0.25) is 0 Å². The molecule has 0 radical (unpaired) electrons. The highest BCUT2D eigenvalue weighted by Crippen LogP contribution is 1.95. The molecule has 1 aromatic heterocycles. The first-order chi connectivity index (χ1) is 3.43. The zero-order valence-corrected chi connectivity index (χ0v) is 5.15. The van der Waals surface area contributed by atoms with Gasteiger partial charge in [-0.25, -0.2) is 0 Å². The number of halogens is 1. The van der Waals surface area contributed by atoms with Crippen LogP contribution in [0, 0.1) is 0 Å². The molecule has 0 aromatic carbocycles. The number of furan rings is 1. The third-order valence-corrected chi connectivity index (χ3v) is 0.781. The average Bonchev–Trinajstić information content (AvgIpc) is 2.14. The van der Waals surface area contributed by atoms with E-state index in [-0.39, 0.29) is 12.4 Å². The van der Waals surface area contributed by atoms with E-state index in [1.165, 1.54) is 0 Å². The largest absolute Gasteiger partial charge is 0.468 e. The summed E-state index contributed by atoms with van der Waals surface area (Å²) in [5, 5.41) is 0. The molecule has 0 aliphatic carbocycles. The molecule has 0 aliphatic heterocycles. The van der Waals surface area contributed by atoms with E-state index in [9.17, 15) is 0 Å². The summed E-state index contributed by atoms with van der Waals surface area (Å²) >= 11 is 0. The van der Waals surface area contributed by atoms with Gasteiger partial charge in [0.1, 0.15) is 5.76 Å². The highest BCUT2D eigenvalue weighted by atomic mass is 35.5. The molecule has 0 saturated carbocycles. The van der Waals surface area contributed by atoms with Crippen molar-refractivity contribution in [2.45, 2.75) is 6.54 Å². The Labute approximate surface area is 54.1 Å². The summed E-state index contributed by atoms with van der Waals surface area (Å²) in [5.41, 5.74) is 5.20. The fourth-order valence-electron chi connectivity index (χ4n) is 0.429. The summed E-state index contributed by atoms with van der Waals surface area (Å²) < 4.78 is 4.86. The molecule has 0 unspecified atom stereocenters. The van der Waals surface area contributed by atoms with Gasteiger partial charge >= 0.3 is 0 Å². The number of hydrogen-bond donors (Lipinski definition) is 1. The van der Waals surface area contributed by atoms with Crippen LogP contribution in [0.4, 0.5) is 0 Å². The minimum atomic E-state index is 0. The molecule has 3 heteroatoms. The van der Waals surface area contributed by atoms with Crippen LogP contribution in [0.5, 0.6) is 0 Å². The molecule has 0 bridgehead atoms. The van der Waals surface area contributed by atoms with Gasteiger partial charge in [0.25, 0.3) is 0 Å². The molecule has 0 atom stereocenters. The van der Waals surface area contributed by atoms with Crippen LogP contribution in [-0.2, 0) is 6.54 Å². The molecule has 1 rings (SSSR count). The third-order valence-electron chi connectivity index (χ3n) is 0.781.